The fourth-order valence-corrected chi connectivity index (χ4v) is 2.51. The van der Waals surface area contributed by atoms with E-state index in [0.29, 0.717) is 6.42 Å². The number of aryl methyl sites for hydroxylation is 1. The first-order chi connectivity index (χ1) is 8.31. The SMILES string of the molecule is Cn1ncnc1SC(CC#N)c1ccccc1. The minimum atomic E-state index is 0.101. The fourth-order valence-electron chi connectivity index (χ4n) is 1.50. The van der Waals surface area contributed by atoms with Crippen LogP contribution in [0.4, 0.5) is 0 Å². The smallest absolute Gasteiger partial charge is 0.186 e. The van der Waals surface area contributed by atoms with E-state index in [2.05, 4.69) is 16.2 Å². The first kappa shape index (κ1) is 11.7. The summed E-state index contributed by atoms with van der Waals surface area (Å²) >= 11 is 1.57. The summed E-state index contributed by atoms with van der Waals surface area (Å²) in [5.74, 6) is 0. The lowest BCUT2D eigenvalue weighted by Gasteiger charge is -2.12. The van der Waals surface area contributed by atoms with E-state index in [9.17, 15) is 0 Å². The summed E-state index contributed by atoms with van der Waals surface area (Å²) in [4.78, 5) is 4.17. The molecule has 86 valence electrons. The van der Waals surface area contributed by atoms with Crippen LogP contribution >= 0.6 is 11.8 Å². The Hall–Kier alpha value is -1.80. The second-order valence-electron chi connectivity index (χ2n) is 3.55. The Labute approximate surface area is 104 Å². The first-order valence-corrected chi connectivity index (χ1v) is 6.12. The zero-order valence-electron chi connectivity index (χ0n) is 9.45. The third-order valence-electron chi connectivity index (χ3n) is 2.37. The predicted octanol–water partition coefficient (Wildman–Crippen LogP) is 2.56. The van der Waals surface area contributed by atoms with Crippen LogP contribution in [0.15, 0.2) is 41.8 Å². The molecule has 0 aliphatic heterocycles. The summed E-state index contributed by atoms with van der Waals surface area (Å²) in [6, 6.07) is 12.2. The van der Waals surface area contributed by atoms with Crippen molar-refractivity contribution < 1.29 is 0 Å². The van der Waals surface area contributed by atoms with Crippen LogP contribution < -0.4 is 0 Å². The van der Waals surface area contributed by atoms with E-state index in [0.717, 1.165) is 10.7 Å². The number of hydrogen-bond donors (Lipinski definition) is 0. The zero-order chi connectivity index (χ0) is 12.1. The van der Waals surface area contributed by atoms with E-state index in [-0.39, 0.29) is 5.25 Å². The number of nitrogens with zero attached hydrogens (tertiary/aromatic N) is 4. The Morgan fingerprint density at radius 3 is 2.76 bits per heavy atom. The van der Waals surface area contributed by atoms with E-state index >= 15 is 0 Å². The minimum Gasteiger partial charge on any atom is -0.244 e. The van der Waals surface area contributed by atoms with Crippen LogP contribution in [0.5, 0.6) is 0 Å². The van der Waals surface area contributed by atoms with E-state index in [1.54, 1.807) is 16.4 Å². The van der Waals surface area contributed by atoms with Crippen molar-refractivity contribution in [1.82, 2.24) is 14.8 Å². The van der Waals surface area contributed by atoms with Gasteiger partial charge in [-0.1, -0.05) is 42.1 Å². The van der Waals surface area contributed by atoms with E-state index in [1.807, 2.05) is 37.4 Å². The maximum atomic E-state index is 8.89. The summed E-state index contributed by atoms with van der Waals surface area (Å²) in [5.41, 5.74) is 1.14. The Bertz CT molecular complexity index is 515. The Kier molecular flexibility index (Phi) is 3.78. The summed E-state index contributed by atoms with van der Waals surface area (Å²) in [7, 11) is 1.85. The van der Waals surface area contributed by atoms with Crippen LogP contribution in [0.1, 0.15) is 17.2 Å². The van der Waals surface area contributed by atoms with Gasteiger partial charge >= 0.3 is 0 Å². The maximum Gasteiger partial charge on any atom is 0.186 e. The van der Waals surface area contributed by atoms with Crippen molar-refractivity contribution in [2.45, 2.75) is 16.8 Å². The number of benzene rings is 1. The van der Waals surface area contributed by atoms with Gasteiger partial charge in [0.05, 0.1) is 17.7 Å². The van der Waals surface area contributed by atoms with Gasteiger partial charge in [-0.3, -0.25) is 0 Å². The molecule has 2 rings (SSSR count). The van der Waals surface area contributed by atoms with Crippen LogP contribution in [0.25, 0.3) is 0 Å². The lowest BCUT2D eigenvalue weighted by molar-refractivity contribution is 0.683. The quantitative estimate of drug-likeness (QED) is 0.776. The molecular formula is C12H12N4S. The van der Waals surface area contributed by atoms with Crippen molar-refractivity contribution in [2.75, 3.05) is 0 Å². The first-order valence-electron chi connectivity index (χ1n) is 5.24. The normalized spacial score (nSPS) is 12.0. The van der Waals surface area contributed by atoms with Crippen molar-refractivity contribution in [3.8, 4) is 6.07 Å². The fraction of sp³-hybridized carbons (Fsp3) is 0.250. The number of nitriles is 1. The molecule has 0 spiro atoms. The predicted molar refractivity (Wildman–Crippen MR) is 66.3 cm³/mol. The molecule has 0 N–H and O–H groups in total. The summed E-state index contributed by atoms with van der Waals surface area (Å²) in [5, 5.41) is 13.8. The van der Waals surface area contributed by atoms with Gasteiger partial charge < -0.3 is 0 Å². The van der Waals surface area contributed by atoms with Gasteiger partial charge in [0.2, 0.25) is 0 Å². The molecule has 0 saturated heterocycles. The van der Waals surface area contributed by atoms with E-state index < -0.39 is 0 Å². The molecule has 1 aromatic heterocycles. The zero-order valence-corrected chi connectivity index (χ0v) is 10.3. The molecule has 0 aliphatic carbocycles. The lowest BCUT2D eigenvalue weighted by atomic mass is 10.1. The monoisotopic (exact) mass is 244 g/mol. The number of rotatable bonds is 4. The molecule has 0 bridgehead atoms. The summed E-state index contributed by atoms with van der Waals surface area (Å²) in [6.45, 7) is 0. The van der Waals surface area contributed by atoms with Gasteiger partial charge in [0.1, 0.15) is 6.33 Å². The molecule has 1 heterocycles. The molecule has 1 atom stereocenters. The van der Waals surface area contributed by atoms with Crippen LogP contribution in [0.3, 0.4) is 0 Å². The Morgan fingerprint density at radius 1 is 1.41 bits per heavy atom. The van der Waals surface area contributed by atoms with Crippen molar-refractivity contribution in [3.05, 3.63) is 42.2 Å². The van der Waals surface area contributed by atoms with Gasteiger partial charge in [-0.15, -0.1) is 0 Å². The third kappa shape index (κ3) is 2.86. The van der Waals surface area contributed by atoms with Gasteiger partial charge in [0, 0.05) is 7.05 Å². The van der Waals surface area contributed by atoms with Gasteiger partial charge in [-0.05, 0) is 5.56 Å². The average Bonchev–Trinajstić information content (AvgIpc) is 2.76. The van der Waals surface area contributed by atoms with E-state index in [4.69, 9.17) is 5.26 Å². The van der Waals surface area contributed by atoms with Crippen LogP contribution in [0.2, 0.25) is 0 Å². The topological polar surface area (TPSA) is 54.5 Å². The molecule has 1 aromatic carbocycles. The van der Waals surface area contributed by atoms with Crippen molar-refractivity contribution in [2.24, 2.45) is 7.05 Å². The molecule has 17 heavy (non-hydrogen) atoms. The van der Waals surface area contributed by atoms with Gasteiger partial charge in [-0.25, -0.2) is 9.67 Å². The highest BCUT2D eigenvalue weighted by Gasteiger charge is 2.15. The minimum absolute atomic E-state index is 0.101. The summed E-state index contributed by atoms with van der Waals surface area (Å²) < 4.78 is 1.72. The number of thioether (sulfide) groups is 1. The highest BCUT2D eigenvalue weighted by molar-refractivity contribution is 7.99. The largest absolute Gasteiger partial charge is 0.244 e. The van der Waals surface area contributed by atoms with E-state index in [1.165, 1.54) is 6.33 Å². The molecule has 0 radical (unpaired) electrons. The van der Waals surface area contributed by atoms with Gasteiger partial charge in [0.25, 0.3) is 0 Å². The van der Waals surface area contributed by atoms with Crippen molar-refractivity contribution in [3.63, 3.8) is 0 Å². The summed E-state index contributed by atoms with van der Waals surface area (Å²) in [6.07, 6.45) is 1.98. The van der Waals surface area contributed by atoms with Gasteiger partial charge in [-0.2, -0.15) is 10.4 Å². The highest BCUT2D eigenvalue weighted by Crippen LogP contribution is 2.35. The second-order valence-corrected chi connectivity index (χ2v) is 4.72. The number of hydrogen-bond acceptors (Lipinski definition) is 4. The molecule has 0 fully saturated rings. The van der Waals surface area contributed by atoms with Crippen LogP contribution in [0, 0.1) is 11.3 Å². The molecule has 0 saturated carbocycles. The molecule has 0 aliphatic rings. The molecular weight excluding hydrogens is 232 g/mol. The number of aromatic nitrogens is 3. The van der Waals surface area contributed by atoms with Crippen molar-refractivity contribution in [1.29, 1.82) is 5.26 Å². The molecule has 2 aromatic rings. The molecule has 4 nitrogen and oxygen atoms in total. The maximum absolute atomic E-state index is 8.89. The van der Waals surface area contributed by atoms with Crippen LogP contribution in [-0.2, 0) is 7.05 Å². The Morgan fingerprint density at radius 2 is 2.18 bits per heavy atom. The third-order valence-corrected chi connectivity index (χ3v) is 3.67. The van der Waals surface area contributed by atoms with Gasteiger partial charge in [0.15, 0.2) is 5.16 Å². The molecule has 5 heteroatoms. The Balaban J connectivity index is 2.20. The highest BCUT2D eigenvalue weighted by atomic mass is 32.2. The lowest BCUT2D eigenvalue weighted by Crippen LogP contribution is -1.98. The van der Waals surface area contributed by atoms with Crippen molar-refractivity contribution >= 4 is 11.8 Å². The van der Waals surface area contributed by atoms with Crippen LogP contribution in [-0.4, -0.2) is 14.8 Å². The molecule has 0 amide bonds. The molecule has 1 unspecified atom stereocenters. The standard InChI is InChI=1S/C12H12N4S/c1-16-12(14-9-15-16)17-11(7-8-13)10-5-3-2-4-6-10/h2-6,9,11H,7H2,1H3. The second kappa shape index (κ2) is 5.51. The average molecular weight is 244 g/mol.